The first-order chi connectivity index (χ1) is 13.9. The van der Waals surface area contributed by atoms with Gasteiger partial charge in [0.1, 0.15) is 11.4 Å². The van der Waals surface area contributed by atoms with Gasteiger partial charge in [-0.2, -0.15) is 0 Å². The number of anilines is 2. The Kier molecular flexibility index (Phi) is 4.80. The van der Waals surface area contributed by atoms with E-state index in [1.165, 1.54) is 0 Å². The van der Waals surface area contributed by atoms with Crippen molar-refractivity contribution < 1.29 is 9.32 Å². The average molecular weight is 389 g/mol. The van der Waals surface area contributed by atoms with E-state index >= 15 is 0 Å². The number of carbonyl (C=O) groups is 1. The molecule has 0 spiro atoms. The number of nitrogens with zero attached hydrogens (tertiary/aromatic N) is 3. The molecule has 0 atom stereocenters. The van der Waals surface area contributed by atoms with Crippen molar-refractivity contribution in [2.24, 2.45) is 0 Å². The molecule has 0 unspecified atom stereocenters. The number of nitrogens with one attached hydrogen (secondary N) is 2. The molecule has 0 aliphatic rings. The van der Waals surface area contributed by atoms with E-state index in [0.717, 1.165) is 23.3 Å². The Labute approximate surface area is 168 Å². The van der Waals surface area contributed by atoms with Crippen LogP contribution in [0, 0.1) is 0 Å². The van der Waals surface area contributed by atoms with Crippen LogP contribution in [0.2, 0.25) is 0 Å². The second-order valence-electron chi connectivity index (χ2n) is 7.96. The molecular formula is C22H23N5O2. The van der Waals surface area contributed by atoms with Gasteiger partial charge in [0, 0.05) is 41.7 Å². The highest BCUT2D eigenvalue weighted by molar-refractivity contribution is 5.99. The van der Waals surface area contributed by atoms with Crippen molar-refractivity contribution in [3.8, 4) is 0 Å². The zero-order chi connectivity index (χ0) is 20.4. The highest BCUT2D eigenvalue weighted by atomic mass is 16.5. The number of aromatic nitrogens is 3. The van der Waals surface area contributed by atoms with Gasteiger partial charge in [-0.15, -0.1) is 0 Å². The number of pyridine rings is 1. The van der Waals surface area contributed by atoms with Crippen molar-refractivity contribution in [3.63, 3.8) is 0 Å². The molecule has 0 bridgehead atoms. The molecule has 0 fully saturated rings. The summed E-state index contributed by atoms with van der Waals surface area (Å²) in [5.41, 5.74) is 3.71. The predicted octanol–water partition coefficient (Wildman–Crippen LogP) is 4.85. The Bertz CT molecular complexity index is 1140. The fraction of sp³-hybridized carbons (Fsp3) is 0.227. The minimum Gasteiger partial charge on any atom is -0.359 e. The molecule has 0 aliphatic carbocycles. The molecule has 2 N–H and O–H groups in total. The van der Waals surface area contributed by atoms with E-state index in [9.17, 15) is 4.79 Å². The first kappa shape index (κ1) is 18.7. The predicted molar refractivity (Wildman–Crippen MR) is 112 cm³/mol. The number of urea groups is 1. The summed E-state index contributed by atoms with van der Waals surface area (Å²) in [7, 11) is 0. The summed E-state index contributed by atoms with van der Waals surface area (Å²) >= 11 is 0. The van der Waals surface area contributed by atoms with E-state index < -0.39 is 0 Å². The lowest BCUT2D eigenvalue weighted by atomic mass is 9.93. The van der Waals surface area contributed by atoms with Crippen LogP contribution in [0.1, 0.15) is 37.8 Å². The highest BCUT2D eigenvalue weighted by Gasteiger charge is 2.20. The average Bonchev–Trinajstić information content (AvgIpc) is 3.31. The van der Waals surface area contributed by atoms with Gasteiger partial charge >= 0.3 is 6.03 Å². The van der Waals surface area contributed by atoms with Gasteiger partial charge < -0.3 is 14.2 Å². The van der Waals surface area contributed by atoms with Crippen LogP contribution in [0.3, 0.4) is 0 Å². The number of fused-ring (bicyclic) bond motifs is 1. The molecule has 4 rings (SSSR count). The lowest BCUT2D eigenvalue weighted by Gasteiger charge is -2.12. The zero-order valence-electron chi connectivity index (χ0n) is 16.6. The van der Waals surface area contributed by atoms with Crippen LogP contribution in [-0.2, 0) is 11.8 Å². The second-order valence-corrected chi connectivity index (χ2v) is 7.96. The number of imidazole rings is 1. The summed E-state index contributed by atoms with van der Waals surface area (Å²) in [5, 5.41) is 9.38. The van der Waals surface area contributed by atoms with Crippen LogP contribution in [0.15, 0.2) is 65.4 Å². The molecule has 0 aliphatic heterocycles. The van der Waals surface area contributed by atoms with Gasteiger partial charge in [-0.1, -0.05) is 44.1 Å². The molecule has 7 heteroatoms. The highest BCUT2D eigenvalue weighted by Crippen LogP contribution is 2.24. The molecule has 148 valence electrons. The molecule has 0 saturated carbocycles. The number of benzene rings is 1. The maximum Gasteiger partial charge on any atom is 0.324 e. The largest absolute Gasteiger partial charge is 0.359 e. The molecule has 2 amide bonds. The number of rotatable bonds is 4. The van der Waals surface area contributed by atoms with Gasteiger partial charge in [-0.25, -0.2) is 9.78 Å². The van der Waals surface area contributed by atoms with Gasteiger partial charge in [0.25, 0.3) is 0 Å². The topological polar surface area (TPSA) is 84.5 Å². The molecule has 4 aromatic rings. The number of carbonyl (C=O) groups excluding carboxylic acids is 1. The van der Waals surface area contributed by atoms with Crippen LogP contribution in [0.25, 0.3) is 5.65 Å². The third-order valence-electron chi connectivity index (χ3n) is 4.58. The summed E-state index contributed by atoms with van der Waals surface area (Å²) in [4.78, 5) is 16.6. The molecule has 0 radical (unpaired) electrons. The fourth-order valence-electron chi connectivity index (χ4n) is 3.00. The van der Waals surface area contributed by atoms with E-state index in [-0.39, 0.29) is 11.4 Å². The Hall–Kier alpha value is -3.61. The van der Waals surface area contributed by atoms with Crippen molar-refractivity contribution >= 4 is 23.2 Å². The van der Waals surface area contributed by atoms with E-state index in [1.807, 2.05) is 75.6 Å². The fourth-order valence-corrected chi connectivity index (χ4v) is 3.00. The normalized spacial score (nSPS) is 11.6. The van der Waals surface area contributed by atoms with E-state index in [1.54, 1.807) is 6.07 Å². The summed E-state index contributed by atoms with van der Waals surface area (Å²) in [6.07, 6.45) is 4.65. The van der Waals surface area contributed by atoms with Crippen molar-refractivity contribution in [2.75, 3.05) is 10.6 Å². The number of hydrogen-bond acceptors (Lipinski definition) is 4. The van der Waals surface area contributed by atoms with Gasteiger partial charge in [-0.3, -0.25) is 5.32 Å². The quantitative estimate of drug-likeness (QED) is 0.522. The Morgan fingerprint density at radius 3 is 2.62 bits per heavy atom. The van der Waals surface area contributed by atoms with Gasteiger partial charge in [0.05, 0.1) is 0 Å². The summed E-state index contributed by atoms with van der Waals surface area (Å²) in [5.74, 6) is 1.10. The van der Waals surface area contributed by atoms with Crippen molar-refractivity contribution in [1.29, 1.82) is 0 Å². The standard InChI is InChI=1S/C22H23N5O2/c1-22(2,3)18-13-19(26-29-18)25-21(28)24-16-9-7-15(8-10-16)12-17-14-23-20-6-4-5-11-27(17)20/h4-11,13-14H,12H2,1-3H3,(H2,24,25,26,28). The SMILES string of the molecule is CC(C)(C)c1cc(NC(=O)Nc2ccc(Cc3cnc4ccccn34)cc2)no1. The van der Waals surface area contributed by atoms with Crippen LogP contribution in [0.4, 0.5) is 16.3 Å². The first-order valence-electron chi connectivity index (χ1n) is 9.43. The Morgan fingerprint density at radius 2 is 1.90 bits per heavy atom. The van der Waals surface area contributed by atoms with E-state index in [4.69, 9.17) is 4.52 Å². The first-order valence-corrected chi connectivity index (χ1v) is 9.43. The second kappa shape index (κ2) is 7.43. The number of amides is 2. The monoisotopic (exact) mass is 389 g/mol. The minimum absolute atomic E-state index is 0.167. The van der Waals surface area contributed by atoms with Gasteiger partial charge in [-0.05, 0) is 29.8 Å². The molecule has 1 aromatic carbocycles. The lowest BCUT2D eigenvalue weighted by molar-refractivity contribution is 0.262. The van der Waals surface area contributed by atoms with Crippen LogP contribution < -0.4 is 10.6 Å². The molecule has 29 heavy (non-hydrogen) atoms. The van der Waals surface area contributed by atoms with Crippen molar-refractivity contribution in [3.05, 3.63) is 77.9 Å². The maximum atomic E-state index is 12.2. The Balaban J connectivity index is 1.38. The molecular weight excluding hydrogens is 366 g/mol. The van der Waals surface area contributed by atoms with Crippen molar-refractivity contribution in [1.82, 2.24) is 14.5 Å². The zero-order valence-corrected chi connectivity index (χ0v) is 16.6. The molecule has 7 nitrogen and oxygen atoms in total. The summed E-state index contributed by atoms with van der Waals surface area (Å²) in [6, 6.07) is 15.0. The maximum absolute atomic E-state index is 12.2. The lowest BCUT2D eigenvalue weighted by Crippen LogP contribution is -2.19. The van der Waals surface area contributed by atoms with Gasteiger partial charge in [0.2, 0.25) is 0 Å². The minimum atomic E-state index is -0.367. The third kappa shape index (κ3) is 4.29. The number of hydrogen-bond donors (Lipinski definition) is 2. The molecule has 0 saturated heterocycles. The van der Waals surface area contributed by atoms with E-state index in [2.05, 4.69) is 25.2 Å². The van der Waals surface area contributed by atoms with Crippen LogP contribution >= 0.6 is 0 Å². The van der Waals surface area contributed by atoms with Gasteiger partial charge in [0.15, 0.2) is 5.82 Å². The summed E-state index contributed by atoms with van der Waals surface area (Å²) < 4.78 is 7.35. The third-order valence-corrected chi connectivity index (χ3v) is 4.58. The smallest absolute Gasteiger partial charge is 0.324 e. The molecule has 3 aromatic heterocycles. The Morgan fingerprint density at radius 1 is 1.10 bits per heavy atom. The molecule has 3 heterocycles. The van der Waals surface area contributed by atoms with Crippen molar-refractivity contribution in [2.45, 2.75) is 32.6 Å². The summed E-state index contributed by atoms with van der Waals surface area (Å²) in [6.45, 7) is 6.06. The van der Waals surface area contributed by atoms with Crippen LogP contribution in [0.5, 0.6) is 0 Å². The van der Waals surface area contributed by atoms with Crippen LogP contribution in [-0.4, -0.2) is 20.6 Å². The van der Waals surface area contributed by atoms with E-state index in [0.29, 0.717) is 17.3 Å².